The van der Waals surface area contributed by atoms with Gasteiger partial charge in [-0.1, -0.05) is 13.0 Å². The summed E-state index contributed by atoms with van der Waals surface area (Å²) in [5, 5.41) is 13.1. The summed E-state index contributed by atoms with van der Waals surface area (Å²) in [6, 6.07) is 7.34. The maximum Gasteiger partial charge on any atom is 0.123 e. The van der Waals surface area contributed by atoms with Crippen LogP contribution in [0.5, 0.6) is 11.5 Å². The lowest BCUT2D eigenvalue weighted by atomic mass is 10.1. The number of ether oxygens (including phenoxy) is 2. The maximum atomic E-state index is 10.0. The van der Waals surface area contributed by atoms with E-state index in [-0.39, 0.29) is 6.61 Å². The highest BCUT2D eigenvalue weighted by Gasteiger charge is 2.20. The summed E-state index contributed by atoms with van der Waals surface area (Å²) in [4.78, 5) is 0. The molecule has 0 bridgehead atoms. The van der Waals surface area contributed by atoms with Gasteiger partial charge in [-0.15, -0.1) is 0 Å². The molecule has 0 saturated carbocycles. The van der Waals surface area contributed by atoms with Crippen molar-refractivity contribution in [3.05, 3.63) is 24.3 Å². The number of benzene rings is 1. The molecule has 0 aliphatic carbocycles. The zero-order valence-corrected chi connectivity index (χ0v) is 10.7. The van der Waals surface area contributed by atoms with Crippen LogP contribution in [0, 0.1) is 0 Å². The molecule has 0 aliphatic heterocycles. The summed E-state index contributed by atoms with van der Waals surface area (Å²) < 4.78 is 10.6. The van der Waals surface area contributed by atoms with Gasteiger partial charge in [0.25, 0.3) is 0 Å². The summed E-state index contributed by atoms with van der Waals surface area (Å²) in [6.07, 6.45) is 0. The van der Waals surface area contributed by atoms with Gasteiger partial charge in [-0.2, -0.15) is 0 Å². The summed E-state index contributed by atoms with van der Waals surface area (Å²) >= 11 is 0. The second-order valence-corrected chi connectivity index (χ2v) is 4.24. The van der Waals surface area contributed by atoms with Gasteiger partial charge in [0.15, 0.2) is 0 Å². The Bertz CT molecular complexity index is 339. The van der Waals surface area contributed by atoms with Crippen molar-refractivity contribution in [2.24, 2.45) is 0 Å². The van der Waals surface area contributed by atoms with Crippen molar-refractivity contribution < 1.29 is 14.6 Å². The minimum atomic E-state index is -0.876. The number of likely N-dealkylation sites (N-methyl/N-ethyl adjacent to an activating group) is 1. The van der Waals surface area contributed by atoms with E-state index in [2.05, 4.69) is 5.32 Å². The van der Waals surface area contributed by atoms with Crippen LogP contribution in [0.1, 0.15) is 13.8 Å². The summed E-state index contributed by atoms with van der Waals surface area (Å²) in [6.45, 7) is 5.32. The van der Waals surface area contributed by atoms with Crippen LogP contribution in [0.3, 0.4) is 0 Å². The van der Waals surface area contributed by atoms with Crippen LogP contribution in [-0.2, 0) is 0 Å². The maximum absolute atomic E-state index is 10.0. The second kappa shape index (κ2) is 6.47. The Morgan fingerprint density at radius 1 is 1.35 bits per heavy atom. The molecule has 1 rings (SSSR count). The molecule has 4 nitrogen and oxygen atoms in total. The largest absolute Gasteiger partial charge is 0.497 e. The van der Waals surface area contributed by atoms with E-state index in [1.54, 1.807) is 20.1 Å². The fraction of sp³-hybridized carbons (Fsp3) is 0.538. The Labute approximate surface area is 103 Å². The lowest BCUT2D eigenvalue weighted by Gasteiger charge is -2.23. The first-order valence-corrected chi connectivity index (χ1v) is 5.77. The molecule has 0 aliphatic rings. The molecule has 2 N–H and O–H groups in total. The smallest absolute Gasteiger partial charge is 0.123 e. The van der Waals surface area contributed by atoms with Crippen molar-refractivity contribution in [3.8, 4) is 11.5 Å². The zero-order chi connectivity index (χ0) is 12.7. The summed E-state index contributed by atoms with van der Waals surface area (Å²) in [7, 11) is 1.61. The molecule has 0 fully saturated rings. The molecule has 0 radical (unpaired) electrons. The minimum Gasteiger partial charge on any atom is -0.497 e. The van der Waals surface area contributed by atoms with Crippen LogP contribution in [0.2, 0.25) is 0 Å². The molecule has 96 valence electrons. The van der Waals surface area contributed by atoms with Crippen molar-refractivity contribution in [1.82, 2.24) is 5.32 Å². The number of hydrogen-bond donors (Lipinski definition) is 2. The van der Waals surface area contributed by atoms with E-state index in [9.17, 15) is 5.11 Å². The van der Waals surface area contributed by atoms with E-state index in [1.807, 2.05) is 25.1 Å². The molecule has 17 heavy (non-hydrogen) atoms. The molecule has 0 spiro atoms. The van der Waals surface area contributed by atoms with Gasteiger partial charge < -0.3 is 19.9 Å². The topological polar surface area (TPSA) is 50.7 Å². The van der Waals surface area contributed by atoms with E-state index in [1.165, 1.54) is 0 Å². The predicted molar refractivity (Wildman–Crippen MR) is 67.7 cm³/mol. The Hall–Kier alpha value is -1.26. The molecule has 0 heterocycles. The van der Waals surface area contributed by atoms with Crippen LogP contribution in [0.15, 0.2) is 24.3 Å². The number of rotatable bonds is 7. The highest BCUT2D eigenvalue weighted by molar-refractivity contribution is 5.32. The second-order valence-electron chi connectivity index (χ2n) is 4.24. The van der Waals surface area contributed by atoms with E-state index in [0.29, 0.717) is 12.3 Å². The lowest BCUT2D eigenvalue weighted by molar-refractivity contribution is 0.0127. The molecular weight excluding hydrogens is 218 g/mol. The summed E-state index contributed by atoms with van der Waals surface area (Å²) in [5.74, 6) is 1.44. The van der Waals surface area contributed by atoms with Crippen LogP contribution in [0.4, 0.5) is 0 Å². The van der Waals surface area contributed by atoms with Gasteiger partial charge in [-0.05, 0) is 25.6 Å². The molecule has 1 atom stereocenters. The Morgan fingerprint density at radius 3 is 2.71 bits per heavy atom. The highest BCUT2D eigenvalue weighted by Crippen LogP contribution is 2.19. The molecular formula is C13H21NO3. The average molecular weight is 239 g/mol. The third kappa shape index (κ3) is 5.06. The normalized spacial score (nSPS) is 14.1. The Balaban J connectivity index is 2.48. The Morgan fingerprint density at radius 2 is 2.06 bits per heavy atom. The standard InChI is InChI=1S/C13H21NO3/c1-4-14-9-13(2,15)10-17-12-7-5-6-11(8-12)16-3/h5-8,14-15H,4,9-10H2,1-3H3. The third-order valence-corrected chi connectivity index (χ3v) is 2.35. The predicted octanol–water partition coefficient (Wildman–Crippen LogP) is 1.43. The molecule has 1 aromatic rings. The van der Waals surface area contributed by atoms with Gasteiger partial charge in [0.1, 0.15) is 23.7 Å². The third-order valence-electron chi connectivity index (χ3n) is 2.35. The van der Waals surface area contributed by atoms with Gasteiger partial charge >= 0.3 is 0 Å². The minimum absolute atomic E-state index is 0.243. The lowest BCUT2D eigenvalue weighted by Crippen LogP contribution is -2.42. The van der Waals surface area contributed by atoms with Gasteiger partial charge in [0.05, 0.1) is 7.11 Å². The van der Waals surface area contributed by atoms with Crippen molar-refractivity contribution >= 4 is 0 Å². The molecule has 1 unspecified atom stereocenters. The van der Waals surface area contributed by atoms with Crippen LogP contribution < -0.4 is 14.8 Å². The van der Waals surface area contributed by atoms with Crippen molar-refractivity contribution in [3.63, 3.8) is 0 Å². The number of aliphatic hydroxyl groups is 1. The molecule has 0 saturated heterocycles. The highest BCUT2D eigenvalue weighted by atomic mass is 16.5. The SMILES string of the molecule is CCNCC(C)(O)COc1cccc(OC)c1. The number of nitrogens with one attached hydrogen (secondary N) is 1. The Kier molecular flexibility index (Phi) is 5.25. The fourth-order valence-corrected chi connectivity index (χ4v) is 1.38. The quantitative estimate of drug-likeness (QED) is 0.756. The molecule has 1 aromatic carbocycles. The number of hydrogen-bond acceptors (Lipinski definition) is 4. The first-order valence-electron chi connectivity index (χ1n) is 5.77. The van der Waals surface area contributed by atoms with Crippen molar-refractivity contribution in [1.29, 1.82) is 0 Å². The number of methoxy groups -OCH3 is 1. The monoisotopic (exact) mass is 239 g/mol. The van der Waals surface area contributed by atoms with Gasteiger partial charge in [0, 0.05) is 12.6 Å². The van der Waals surface area contributed by atoms with Gasteiger partial charge in [-0.3, -0.25) is 0 Å². The van der Waals surface area contributed by atoms with Crippen molar-refractivity contribution in [2.45, 2.75) is 19.4 Å². The first kappa shape index (κ1) is 13.8. The van der Waals surface area contributed by atoms with Gasteiger partial charge in [-0.25, -0.2) is 0 Å². The van der Waals surface area contributed by atoms with Crippen LogP contribution in [-0.4, -0.2) is 37.5 Å². The van der Waals surface area contributed by atoms with E-state index in [4.69, 9.17) is 9.47 Å². The molecule has 4 heteroatoms. The summed E-state index contributed by atoms with van der Waals surface area (Å²) in [5.41, 5.74) is -0.876. The first-order chi connectivity index (χ1) is 8.07. The van der Waals surface area contributed by atoms with Crippen LogP contribution >= 0.6 is 0 Å². The van der Waals surface area contributed by atoms with E-state index < -0.39 is 5.60 Å². The molecule has 0 amide bonds. The van der Waals surface area contributed by atoms with E-state index >= 15 is 0 Å². The zero-order valence-electron chi connectivity index (χ0n) is 10.7. The average Bonchev–Trinajstić information content (AvgIpc) is 2.34. The fourth-order valence-electron chi connectivity index (χ4n) is 1.38. The van der Waals surface area contributed by atoms with Crippen molar-refractivity contribution in [2.75, 3.05) is 26.8 Å². The van der Waals surface area contributed by atoms with Crippen LogP contribution in [0.25, 0.3) is 0 Å². The molecule has 0 aromatic heterocycles. The van der Waals surface area contributed by atoms with Gasteiger partial charge in [0.2, 0.25) is 0 Å². The van der Waals surface area contributed by atoms with E-state index in [0.717, 1.165) is 12.3 Å².